The van der Waals surface area contributed by atoms with Crippen molar-refractivity contribution in [2.75, 3.05) is 20.2 Å². The van der Waals surface area contributed by atoms with Crippen LogP contribution >= 0.6 is 0 Å². The smallest absolute Gasteiger partial charge is 0.330 e. The van der Waals surface area contributed by atoms with Gasteiger partial charge >= 0.3 is 5.97 Å². The van der Waals surface area contributed by atoms with E-state index < -0.39 is 0 Å². The van der Waals surface area contributed by atoms with Gasteiger partial charge in [-0.05, 0) is 20.0 Å². The van der Waals surface area contributed by atoms with Crippen LogP contribution in [0.25, 0.3) is 0 Å². The van der Waals surface area contributed by atoms with Gasteiger partial charge in [-0.2, -0.15) is 0 Å². The Morgan fingerprint density at radius 1 is 1.58 bits per heavy atom. The molecule has 0 amide bonds. The van der Waals surface area contributed by atoms with E-state index >= 15 is 0 Å². The highest BCUT2D eigenvalue weighted by molar-refractivity contribution is 5.81. The van der Waals surface area contributed by atoms with Crippen LogP contribution in [0.15, 0.2) is 12.7 Å². The Hall–Kier alpha value is -0.830. The lowest BCUT2D eigenvalue weighted by Crippen LogP contribution is -2.01. The molecule has 0 bridgehead atoms. The highest BCUT2D eigenvalue weighted by Crippen LogP contribution is 1.81. The second-order valence-corrected chi connectivity index (χ2v) is 2.08. The summed E-state index contributed by atoms with van der Waals surface area (Å²) in [6.07, 6.45) is 2.02. The minimum Gasteiger partial charge on any atom is -0.463 e. The maximum Gasteiger partial charge on any atom is 0.330 e. The number of hydrogen-bond acceptors (Lipinski definition) is 3. The van der Waals surface area contributed by atoms with Crippen molar-refractivity contribution < 1.29 is 9.53 Å². The summed E-state index contributed by atoms with van der Waals surface area (Å²) in [5.74, 6) is -0.341. The summed E-state index contributed by atoms with van der Waals surface area (Å²) in [5.41, 5.74) is 0. The molecule has 12 heavy (non-hydrogen) atoms. The van der Waals surface area contributed by atoms with Crippen molar-refractivity contribution in [1.82, 2.24) is 5.32 Å². The Kier molecular flexibility index (Phi) is 14.7. The number of esters is 1. The van der Waals surface area contributed by atoms with Crippen molar-refractivity contribution in [1.29, 1.82) is 0 Å². The molecule has 1 N–H and O–H groups in total. The van der Waals surface area contributed by atoms with Crippen molar-refractivity contribution >= 4 is 5.97 Å². The first-order valence-corrected chi connectivity index (χ1v) is 4.16. The molecule has 0 aliphatic carbocycles. The minimum absolute atomic E-state index is 0.341. The van der Waals surface area contributed by atoms with E-state index in [2.05, 4.69) is 23.6 Å². The van der Waals surface area contributed by atoms with E-state index in [-0.39, 0.29) is 5.97 Å². The fourth-order valence-corrected chi connectivity index (χ4v) is 0.262. The quantitative estimate of drug-likeness (QED) is 0.515. The average Bonchev–Trinajstić information content (AvgIpc) is 2.14. The van der Waals surface area contributed by atoms with E-state index in [1.807, 2.05) is 14.0 Å². The first kappa shape index (κ1) is 13.7. The fraction of sp³-hybridized carbons (Fsp3) is 0.667. The number of hydrogen-bond donors (Lipinski definition) is 1. The largest absolute Gasteiger partial charge is 0.463 e. The zero-order chi connectivity index (χ0) is 9.82. The van der Waals surface area contributed by atoms with Gasteiger partial charge in [0.15, 0.2) is 0 Å². The molecule has 0 aliphatic rings. The Balaban J connectivity index is 0. The molecule has 0 aliphatic heterocycles. The molecule has 0 saturated carbocycles. The molecule has 0 radical (unpaired) electrons. The summed E-state index contributed by atoms with van der Waals surface area (Å²) in [6, 6.07) is 0. The van der Waals surface area contributed by atoms with E-state index in [1.54, 1.807) is 0 Å². The number of nitrogens with one attached hydrogen (secondary N) is 1. The lowest BCUT2D eigenvalue weighted by atomic mass is 10.5. The standard InChI is InChI=1S/C6H10O2.C3H9N/c1-3-5-8-6(7)4-2;1-3-4-2/h4H,2-3,5H2,1H3;4H,3H2,1-2H3. The molecule has 72 valence electrons. The molecule has 0 aromatic rings. The zero-order valence-corrected chi connectivity index (χ0v) is 8.22. The first-order chi connectivity index (χ1) is 5.72. The molecule has 0 atom stereocenters. The normalized spacial score (nSPS) is 7.92. The number of carbonyl (C=O) groups is 1. The Bertz CT molecular complexity index is 111. The average molecular weight is 173 g/mol. The van der Waals surface area contributed by atoms with Crippen LogP contribution in [0.1, 0.15) is 20.3 Å². The monoisotopic (exact) mass is 173 g/mol. The van der Waals surface area contributed by atoms with E-state index in [0.717, 1.165) is 19.0 Å². The molecular weight excluding hydrogens is 154 g/mol. The van der Waals surface area contributed by atoms with Gasteiger partial charge in [-0.1, -0.05) is 20.4 Å². The van der Waals surface area contributed by atoms with Gasteiger partial charge in [-0.3, -0.25) is 0 Å². The summed E-state index contributed by atoms with van der Waals surface area (Å²) in [7, 11) is 1.93. The van der Waals surface area contributed by atoms with Crippen LogP contribution in [-0.4, -0.2) is 26.2 Å². The predicted octanol–water partition coefficient (Wildman–Crippen LogP) is 1.35. The van der Waals surface area contributed by atoms with E-state index in [9.17, 15) is 4.79 Å². The summed E-state index contributed by atoms with van der Waals surface area (Å²) in [4.78, 5) is 10.2. The molecule has 3 nitrogen and oxygen atoms in total. The fourth-order valence-electron chi connectivity index (χ4n) is 0.262. The number of ether oxygens (including phenoxy) is 1. The van der Waals surface area contributed by atoms with Gasteiger partial charge in [0.2, 0.25) is 0 Å². The molecular formula is C9H19NO2. The third kappa shape index (κ3) is 16.1. The maximum atomic E-state index is 10.2. The molecule has 0 unspecified atom stereocenters. The molecule has 0 rings (SSSR count). The molecule has 0 aromatic heterocycles. The molecule has 0 spiro atoms. The topological polar surface area (TPSA) is 38.3 Å². The van der Waals surface area contributed by atoms with Gasteiger partial charge in [-0.25, -0.2) is 4.79 Å². The molecule has 0 aromatic carbocycles. The van der Waals surface area contributed by atoms with Gasteiger partial charge in [0.25, 0.3) is 0 Å². The van der Waals surface area contributed by atoms with Crippen molar-refractivity contribution in [2.45, 2.75) is 20.3 Å². The van der Waals surface area contributed by atoms with Gasteiger partial charge in [0.1, 0.15) is 0 Å². The summed E-state index contributed by atoms with van der Waals surface area (Å²) in [6.45, 7) is 8.81. The van der Waals surface area contributed by atoms with Crippen molar-refractivity contribution in [3.05, 3.63) is 12.7 Å². The maximum absolute atomic E-state index is 10.2. The second kappa shape index (κ2) is 12.8. The zero-order valence-electron chi connectivity index (χ0n) is 8.22. The highest BCUT2D eigenvalue weighted by Gasteiger charge is 1.89. The van der Waals surface area contributed by atoms with Crippen molar-refractivity contribution in [2.24, 2.45) is 0 Å². The number of carbonyl (C=O) groups excluding carboxylic acids is 1. The van der Waals surface area contributed by atoms with Crippen LogP contribution < -0.4 is 5.32 Å². The van der Waals surface area contributed by atoms with Crippen LogP contribution in [0.5, 0.6) is 0 Å². The van der Waals surface area contributed by atoms with E-state index in [4.69, 9.17) is 0 Å². The molecule has 3 heteroatoms. The van der Waals surface area contributed by atoms with Crippen LogP contribution in [0.2, 0.25) is 0 Å². The van der Waals surface area contributed by atoms with Crippen LogP contribution in [0.4, 0.5) is 0 Å². The summed E-state index contributed by atoms with van der Waals surface area (Å²) < 4.78 is 4.58. The van der Waals surface area contributed by atoms with E-state index in [0.29, 0.717) is 6.61 Å². The van der Waals surface area contributed by atoms with Gasteiger partial charge in [0, 0.05) is 6.08 Å². The Labute approximate surface area is 74.8 Å². The van der Waals surface area contributed by atoms with Crippen LogP contribution in [-0.2, 0) is 9.53 Å². The summed E-state index contributed by atoms with van der Waals surface area (Å²) >= 11 is 0. The summed E-state index contributed by atoms with van der Waals surface area (Å²) in [5, 5.41) is 2.93. The molecule has 0 saturated heterocycles. The molecule has 0 fully saturated rings. The third-order valence-electron chi connectivity index (χ3n) is 0.969. The van der Waals surface area contributed by atoms with Crippen molar-refractivity contribution in [3.8, 4) is 0 Å². The highest BCUT2D eigenvalue weighted by atomic mass is 16.5. The predicted molar refractivity (Wildman–Crippen MR) is 51.0 cm³/mol. The third-order valence-corrected chi connectivity index (χ3v) is 0.969. The SMILES string of the molecule is C=CC(=O)OCCC.CCNC. The number of rotatable bonds is 4. The van der Waals surface area contributed by atoms with Gasteiger partial charge < -0.3 is 10.1 Å². The second-order valence-electron chi connectivity index (χ2n) is 2.08. The molecule has 0 heterocycles. The lowest BCUT2D eigenvalue weighted by molar-refractivity contribution is -0.137. The minimum atomic E-state index is -0.341. The van der Waals surface area contributed by atoms with Gasteiger partial charge in [-0.15, -0.1) is 0 Å². The Morgan fingerprint density at radius 2 is 2.08 bits per heavy atom. The first-order valence-electron chi connectivity index (χ1n) is 4.16. The van der Waals surface area contributed by atoms with Crippen LogP contribution in [0.3, 0.4) is 0 Å². The lowest BCUT2D eigenvalue weighted by Gasteiger charge is -1.94. The van der Waals surface area contributed by atoms with Gasteiger partial charge in [0.05, 0.1) is 6.61 Å². The van der Waals surface area contributed by atoms with Crippen molar-refractivity contribution in [3.63, 3.8) is 0 Å². The Morgan fingerprint density at radius 3 is 2.33 bits per heavy atom. The van der Waals surface area contributed by atoms with Crippen LogP contribution in [0, 0.1) is 0 Å². The van der Waals surface area contributed by atoms with E-state index in [1.165, 1.54) is 0 Å².